The first-order valence-electron chi connectivity index (χ1n) is 10.0. The number of alkyl halides is 3. The monoisotopic (exact) mass is 436 g/mol. The average molecular weight is 436 g/mol. The molecule has 1 amide bonds. The molecule has 1 N–H and O–H groups in total. The van der Waals surface area contributed by atoms with E-state index >= 15 is 0 Å². The molecule has 0 bridgehead atoms. The Morgan fingerprint density at radius 1 is 1.16 bits per heavy atom. The Labute approximate surface area is 176 Å². The molecule has 0 spiro atoms. The Morgan fingerprint density at radius 3 is 2.52 bits per heavy atom. The number of carbonyl (C=O) groups is 1. The van der Waals surface area contributed by atoms with Crippen LogP contribution in [-0.2, 0) is 26.1 Å². The summed E-state index contributed by atoms with van der Waals surface area (Å²) >= 11 is 0. The van der Waals surface area contributed by atoms with Crippen LogP contribution in [0.2, 0.25) is 0 Å². The van der Waals surface area contributed by atoms with Crippen molar-refractivity contribution in [3.05, 3.63) is 34.5 Å². The summed E-state index contributed by atoms with van der Waals surface area (Å²) in [7, 11) is 3.23. The summed E-state index contributed by atoms with van der Waals surface area (Å²) in [5.74, 6) is 0.899. The third-order valence-electron chi connectivity index (χ3n) is 5.43. The number of aryl methyl sites for hydroxylation is 4. The van der Waals surface area contributed by atoms with Crippen molar-refractivity contribution >= 4 is 17.5 Å². The zero-order chi connectivity index (χ0) is 22.3. The predicted octanol–water partition coefficient (Wildman–Crippen LogP) is 1.93. The van der Waals surface area contributed by atoms with Gasteiger partial charge in [-0.25, -0.2) is 9.50 Å². The number of imidazole rings is 1. The smallest absolute Gasteiger partial charge is 0.355 e. The molecule has 0 aliphatic carbocycles. The zero-order valence-electron chi connectivity index (χ0n) is 17.5. The number of anilines is 1. The van der Waals surface area contributed by atoms with Gasteiger partial charge in [-0.1, -0.05) is 0 Å². The molecule has 0 saturated carbocycles. The predicted molar refractivity (Wildman–Crippen MR) is 106 cm³/mol. The highest BCUT2D eigenvalue weighted by Crippen LogP contribution is 2.32. The van der Waals surface area contributed by atoms with E-state index in [4.69, 9.17) is 0 Å². The van der Waals surface area contributed by atoms with Crippen LogP contribution in [0, 0.1) is 6.92 Å². The van der Waals surface area contributed by atoms with Crippen LogP contribution in [0.3, 0.4) is 0 Å². The second-order valence-corrected chi connectivity index (χ2v) is 7.55. The molecule has 1 saturated heterocycles. The molecule has 1 aliphatic heterocycles. The van der Waals surface area contributed by atoms with Gasteiger partial charge in [-0.3, -0.25) is 9.48 Å². The summed E-state index contributed by atoms with van der Waals surface area (Å²) in [5.41, 5.74) is -0.828. The minimum absolute atomic E-state index is 0.0434. The van der Waals surface area contributed by atoms with Crippen molar-refractivity contribution < 1.29 is 18.0 Å². The third-order valence-corrected chi connectivity index (χ3v) is 5.43. The molecular formula is C19H23F3N8O. The zero-order valence-corrected chi connectivity index (χ0v) is 17.5. The molecule has 4 heterocycles. The number of amides is 1. The molecule has 0 unspecified atom stereocenters. The second kappa shape index (κ2) is 7.82. The highest BCUT2D eigenvalue weighted by Gasteiger charge is 2.37. The minimum Gasteiger partial charge on any atom is -0.355 e. The van der Waals surface area contributed by atoms with Crippen LogP contribution in [0.4, 0.5) is 19.1 Å². The molecule has 1 aliphatic rings. The number of rotatable bonds is 5. The number of nitrogens with one attached hydrogen (secondary N) is 1. The highest BCUT2D eigenvalue weighted by molar-refractivity contribution is 5.99. The standard InChI is InChI=1S/C19H23F3N8O/c1-11-15(19(20,21)22)25-16-13(17(31)23-2)10-12(26-30(11)16)6-7-14-24-18(27-28(14)3)29-8-4-5-9-29/h10H,4-9H2,1-3H3,(H,23,31). The fraction of sp³-hybridized carbons (Fsp3) is 0.526. The molecule has 3 aromatic heterocycles. The number of hydrogen-bond donors (Lipinski definition) is 1. The maximum absolute atomic E-state index is 13.3. The summed E-state index contributed by atoms with van der Waals surface area (Å²) in [4.78, 5) is 22.7. The van der Waals surface area contributed by atoms with Crippen molar-refractivity contribution in [1.29, 1.82) is 0 Å². The summed E-state index contributed by atoms with van der Waals surface area (Å²) in [6.07, 6.45) is -1.55. The van der Waals surface area contributed by atoms with Gasteiger partial charge in [-0.05, 0) is 32.3 Å². The molecule has 3 aromatic rings. The van der Waals surface area contributed by atoms with Crippen LogP contribution in [-0.4, -0.2) is 55.4 Å². The molecule has 0 atom stereocenters. The van der Waals surface area contributed by atoms with E-state index in [0.29, 0.717) is 24.5 Å². The molecule has 0 radical (unpaired) electrons. The van der Waals surface area contributed by atoms with Gasteiger partial charge in [-0.2, -0.15) is 23.3 Å². The fourth-order valence-corrected chi connectivity index (χ4v) is 3.78. The molecule has 9 nitrogen and oxygen atoms in total. The van der Waals surface area contributed by atoms with E-state index in [1.165, 1.54) is 20.0 Å². The number of fused-ring (bicyclic) bond motifs is 1. The van der Waals surface area contributed by atoms with E-state index in [9.17, 15) is 18.0 Å². The largest absolute Gasteiger partial charge is 0.435 e. The third kappa shape index (κ3) is 3.93. The Balaban J connectivity index is 1.66. The quantitative estimate of drug-likeness (QED) is 0.657. The van der Waals surface area contributed by atoms with E-state index in [0.717, 1.165) is 36.3 Å². The SMILES string of the molecule is CNC(=O)c1cc(CCc2nc(N3CCCC3)nn2C)nn2c(C)c(C(F)(F)F)nc12. The van der Waals surface area contributed by atoms with Gasteiger partial charge < -0.3 is 10.2 Å². The van der Waals surface area contributed by atoms with Gasteiger partial charge in [-0.15, -0.1) is 5.10 Å². The summed E-state index contributed by atoms with van der Waals surface area (Å²) in [5, 5.41) is 11.2. The van der Waals surface area contributed by atoms with Crippen molar-refractivity contribution in [2.45, 2.75) is 38.8 Å². The number of carbonyl (C=O) groups excluding carboxylic acids is 1. The van der Waals surface area contributed by atoms with E-state index in [1.807, 2.05) is 7.05 Å². The van der Waals surface area contributed by atoms with Crippen LogP contribution >= 0.6 is 0 Å². The Morgan fingerprint density at radius 2 is 1.87 bits per heavy atom. The summed E-state index contributed by atoms with van der Waals surface area (Å²) in [6.45, 7) is 3.15. The van der Waals surface area contributed by atoms with E-state index in [2.05, 4.69) is 30.4 Å². The van der Waals surface area contributed by atoms with Crippen molar-refractivity contribution in [3.8, 4) is 0 Å². The topological polar surface area (TPSA) is 93.2 Å². The first-order chi connectivity index (χ1) is 14.7. The van der Waals surface area contributed by atoms with Crippen LogP contribution in [0.25, 0.3) is 5.65 Å². The van der Waals surface area contributed by atoms with E-state index < -0.39 is 17.8 Å². The number of hydrogen-bond acceptors (Lipinski definition) is 6. The lowest BCUT2D eigenvalue weighted by Gasteiger charge is -2.10. The Bertz CT molecular complexity index is 1130. The number of halogens is 3. The summed E-state index contributed by atoms with van der Waals surface area (Å²) in [6, 6.07) is 1.48. The maximum atomic E-state index is 13.3. The van der Waals surface area contributed by atoms with Crippen LogP contribution in [0.1, 0.15) is 46.1 Å². The van der Waals surface area contributed by atoms with Gasteiger partial charge in [0, 0.05) is 33.6 Å². The minimum atomic E-state index is -4.64. The highest BCUT2D eigenvalue weighted by atomic mass is 19.4. The number of nitrogens with zero attached hydrogens (tertiary/aromatic N) is 7. The first-order valence-corrected chi connectivity index (χ1v) is 10.0. The lowest BCUT2D eigenvalue weighted by Crippen LogP contribution is -2.20. The molecule has 4 rings (SSSR count). The maximum Gasteiger partial charge on any atom is 0.435 e. The van der Waals surface area contributed by atoms with Gasteiger partial charge in [0.05, 0.1) is 17.0 Å². The summed E-state index contributed by atoms with van der Waals surface area (Å²) < 4.78 is 42.8. The Kier molecular flexibility index (Phi) is 5.31. The molecular weight excluding hydrogens is 413 g/mol. The van der Waals surface area contributed by atoms with Crippen molar-refractivity contribution in [2.24, 2.45) is 7.05 Å². The molecule has 1 fully saturated rings. The van der Waals surface area contributed by atoms with Gasteiger partial charge in [0.25, 0.3) is 5.91 Å². The molecule has 12 heteroatoms. The molecule has 31 heavy (non-hydrogen) atoms. The Hall–Kier alpha value is -3.18. The van der Waals surface area contributed by atoms with Crippen molar-refractivity contribution in [3.63, 3.8) is 0 Å². The molecule has 166 valence electrons. The van der Waals surface area contributed by atoms with Crippen LogP contribution in [0.5, 0.6) is 0 Å². The van der Waals surface area contributed by atoms with Gasteiger partial charge >= 0.3 is 6.18 Å². The van der Waals surface area contributed by atoms with Crippen molar-refractivity contribution in [1.82, 2.24) is 34.7 Å². The lowest BCUT2D eigenvalue weighted by atomic mass is 10.1. The van der Waals surface area contributed by atoms with Gasteiger partial charge in [0.2, 0.25) is 5.95 Å². The molecule has 0 aromatic carbocycles. The van der Waals surface area contributed by atoms with Gasteiger partial charge in [0.15, 0.2) is 11.3 Å². The average Bonchev–Trinajstić information content (AvgIpc) is 3.44. The van der Waals surface area contributed by atoms with Crippen LogP contribution in [0.15, 0.2) is 6.07 Å². The van der Waals surface area contributed by atoms with E-state index in [1.54, 1.807) is 4.68 Å². The van der Waals surface area contributed by atoms with Crippen molar-refractivity contribution in [2.75, 3.05) is 25.0 Å². The van der Waals surface area contributed by atoms with E-state index in [-0.39, 0.29) is 16.9 Å². The normalized spacial score (nSPS) is 14.6. The number of aromatic nitrogens is 6. The second-order valence-electron chi connectivity index (χ2n) is 7.55. The van der Waals surface area contributed by atoms with Crippen LogP contribution < -0.4 is 10.2 Å². The lowest BCUT2D eigenvalue weighted by molar-refractivity contribution is -0.141. The van der Waals surface area contributed by atoms with Gasteiger partial charge in [0.1, 0.15) is 5.82 Å². The fourth-order valence-electron chi connectivity index (χ4n) is 3.78. The first kappa shape index (κ1) is 21.1.